The Hall–Kier alpha value is -2.85. The number of nitrogens with zero attached hydrogens (tertiary/aromatic N) is 2. The zero-order valence-corrected chi connectivity index (χ0v) is 16.4. The van der Waals surface area contributed by atoms with E-state index in [0.717, 1.165) is 24.3 Å². The molecule has 0 fully saturated rings. The molecule has 3 rings (SSSR count). The Morgan fingerprint density at radius 2 is 1.68 bits per heavy atom. The van der Waals surface area contributed by atoms with Crippen LogP contribution in [0.5, 0.6) is 0 Å². The van der Waals surface area contributed by atoms with Crippen LogP contribution in [0, 0.1) is 0 Å². The summed E-state index contributed by atoms with van der Waals surface area (Å²) in [5.74, 6) is 0.295. The molecule has 0 amide bonds. The highest BCUT2D eigenvalue weighted by atomic mass is 35.5. The molecule has 1 atom stereocenters. The lowest BCUT2D eigenvalue weighted by Crippen LogP contribution is -2.21. The van der Waals surface area contributed by atoms with E-state index in [0.29, 0.717) is 17.1 Å². The fourth-order valence-corrected chi connectivity index (χ4v) is 3.08. The Bertz CT molecular complexity index is 1070. The van der Waals surface area contributed by atoms with E-state index >= 15 is 0 Å². The van der Waals surface area contributed by atoms with E-state index in [1.165, 1.54) is 30.6 Å². The third-order valence-electron chi connectivity index (χ3n) is 4.38. The molecule has 0 bridgehead atoms. The fraction of sp³-hybridized carbons (Fsp3) is 0.200. The smallest absolute Gasteiger partial charge is 0.368 e. The Labute approximate surface area is 178 Å². The number of hydrogen-bond acceptors (Lipinski definition) is 4. The van der Waals surface area contributed by atoms with E-state index in [2.05, 4.69) is 15.3 Å². The van der Waals surface area contributed by atoms with Crippen LogP contribution < -0.4 is 11.1 Å². The summed E-state index contributed by atoms with van der Waals surface area (Å²) >= 11 is 5.74. The van der Waals surface area contributed by atoms with E-state index in [1.54, 1.807) is 0 Å². The van der Waals surface area contributed by atoms with Crippen molar-refractivity contribution >= 4 is 17.4 Å². The van der Waals surface area contributed by atoms with Gasteiger partial charge in [0.15, 0.2) is 0 Å². The summed E-state index contributed by atoms with van der Waals surface area (Å²) in [5.41, 5.74) is 5.15. The molecular weight excluding hydrogens is 446 g/mol. The highest BCUT2D eigenvalue weighted by Crippen LogP contribution is 2.36. The average Bonchev–Trinajstić information content (AvgIpc) is 2.70. The molecule has 0 aliphatic rings. The molecule has 31 heavy (non-hydrogen) atoms. The second-order valence-electron chi connectivity index (χ2n) is 6.59. The largest absolute Gasteiger partial charge is 0.417 e. The predicted octanol–water partition coefficient (Wildman–Crippen LogP) is 5.95. The number of rotatable bonds is 5. The van der Waals surface area contributed by atoms with Crippen LogP contribution in [0.25, 0.3) is 11.3 Å². The van der Waals surface area contributed by atoms with Crippen LogP contribution in [-0.2, 0) is 12.4 Å². The molecule has 0 saturated carbocycles. The predicted molar refractivity (Wildman–Crippen MR) is 104 cm³/mol. The monoisotopic (exact) mass is 460 g/mol. The molecule has 0 saturated heterocycles. The quantitative estimate of drug-likeness (QED) is 0.462. The highest BCUT2D eigenvalue weighted by Gasteiger charge is 2.33. The van der Waals surface area contributed by atoms with Crippen molar-refractivity contribution in [3.63, 3.8) is 0 Å². The minimum absolute atomic E-state index is 0.0610. The van der Waals surface area contributed by atoms with Gasteiger partial charge < -0.3 is 11.1 Å². The average molecular weight is 461 g/mol. The van der Waals surface area contributed by atoms with Gasteiger partial charge in [-0.1, -0.05) is 29.8 Å². The standard InChI is InChI=1S/C20H15ClF6N4/c21-15-7-12(4-5-14(15)20(25,26)27)17-8-18(31-10-30-17)29-9-16(28)11-2-1-3-13(6-11)19(22,23)24/h1-8,10,16H,9,28H2,(H,29,30,31). The molecule has 3 aromatic rings. The second-order valence-corrected chi connectivity index (χ2v) is 7.00. The maximum absolute atomic E-state index is 12.9. The van der Waals surface area contributed by atoms with Crippen molar-refractivity contribution in [2.75, 3.05) is 11.9 Å². The minimum Gasteiger partial charge on any atom is -0.368 e. The van der Waals surface area contributed by atoms with Gasteiger partial charge in [0.25, 0.3) is 0 Å². The van der Waals surface area contributed by atoms with Crippen LogP contribution in [0.2, 0.25) is 5.02 Å². The molecule has 3 N–H and O–H groups in total. The van der Waals surface area contributed by atoms with Crippen LogP contribution in [0.15, 0.2) is 54.9 Å². The van der Waals surface area contributed by atoms with Gasteiger partial charge in [-0.25, -0.2) is 9.97 Å². The lowest BCUT2D eigenvalue weighted by molar-refractivity contribution is -0.138. The Morgan fingerprint density at radius 1 is 0.935 bits per heavy atom. The van der Waals surface area contributed by atoms with Gasteiger partial charge in [-0.05, 0) is 29.8 Å². The maximum atomic E-state index is 12.9. The van der Waals surface area contributed by atoms with Gasteiger partial charge >= 0.3 is 12.4 Å². The van der Waals surface area contributed by atoms with Crippen molar-refractivity contribution in [3.8, 4) is 11.3 Å². The maximum Gasteiger partial charge on any atom is 0.417 e. The van der Waals surface area contributed by atoms with Crippen LogP contribution in [-0.4, -0.2) is 16.5 Å². The first kappa shape index (κ1) is 22.8. The first-order valence-electron chi connectivity index (χ1n) is 8.81. The van der Waals surface area contributed by atoms with E-state index in [4.69, 9.17) is 17.3 Å². The molecule has 11 heteroatoms. The van der Waals surface area contributed by atoms with E-state index in [-0.39, 0.29) is 12.1 Å². The zero-order chi connectivity index (χ0) is 22.8. The van der Waals surface area contributed by atoms with Crippen LogP contribution >= 0.6 is 11.6 Å². The number of alkyl halides is 6. The first-order chi connectivity index (χ1) is 14.4. The normalized spacial score (nSPS) is 13.2. The zero-order valence-electron chi connectivity index (χ0n) is 15.6. The summed E-state index contributed by atoms with van der Waals surface area (Å²) < 4.78 is 77.2. The summed E-state index contributed by atoms with van der Waals surface area (Å²) in [7, 11) is 0. The molecule has 0 radical (unpaired) electrons. The fourth-order valence-electron chi connectivity index (χ4n) is 2.79. The van der Waals surface area contributed by atoms with E-state index in [9.17, 15) is 26.3 Å². The number of nitrogens with two attached hydrogens (primary N) is 1. The molecular formula is C20H15ClF6N4. The Morgan fingerprint density at radius 3 is 2.32 bits per heavy atom. The number of nitrogens with one attached hydrogen (secondary N) is 1. The Kier molecular flexibility index (Phi) is 6.42. The summed E-state index contributed by atoms with van der Waals surface area (Å²) in [6, 6.07) is 8.62. The lowest BCUT2D eigenvalue weighted by Gasteiger charge is -2.16. The number of aromatic nitrogens is 2. The number of benzene rings is 2. The van der Waals surface area contributed by atoms with Gasteiger partial charge in [0, 0.05) is 24.2 Å². The van der Waals surface area contributed by atoms with Gasteiger partial charge in [-0.15, -0.1) is 0 Å². The molecule has 2 aromatic carbocycles. The summed E-state index contributed by atoms with van der Waals surface area (Å²) in [5, 5.41) is 2.42. The number of hydrogen-bond donors (Lipinski definition) is 2. The third-order valence-corrected chi connectivity index (χ3v) is 4.70. The topological polar surface area (TPSA) is 63.8 Å². The third kappa shape index (κ3) is 5.65. The summed E-state index contributed by atoms with van der Waals surface area (Å²) in [6.07, 6.45) is -7.86. The van der Waals surface area contributed by atoms with Crippen molar-refractivity contribution in [2.24, 2.45) is 5.73 Å². The lowest BCUT2D eigenvalue weighted by atomic mass is 10.0. The van der Waals surface area contributed by atoms with E-state index in [1.807, 2.05) is 0 Å². The van der Waals surface area contributed by atoms with Gasteiger partial charge in [-0.3, -0.25) is 0 Å². The van der Waals surface area contributed by atoms with Crippen molar-refractivity contribution in [1.82, 2.24) is 9.97 Å². The SMILES string of the molecule is NC(CNc1cc(-c2ccc(C(F)(F)F)c(Cl)c2)ncn1)c1cccc(C(F)(F)F)c1. The van der Waals surface area contributed by atoms with Gasteiger partial charge in [0.05, 0.1) is 21.8 Å². The van der Waals surface area contributed by atoms with E-state index < -0.39 is 34.5 Å². The molecule has 4 nitrogen and oxygen atoms in total. The van der Waals surface area contributed by atoms with Crippen molar-refractivity contribution in [1.29, 1.82) is 0 Å². The molecule has 164 valence electrons. The van der Waals surface area contributed by atoms with Crippen molar-refractivity contribution in [2.45, 2.75) is 18.4 Å². The minimum atomic E-state index is -4.58. The van der Waals surface area contributed by atoms with Crippen LogP contribution in [0.4, 0.5) is 32.2 Å². The van der Waals surface area contributed by atoms with Gasteiger partial charge in [0.2, 0.25) is 0 Å². The molecule has 1 aromatic heterocycles. The molecule has 0 aliphatic heterocycles. The van der Waals surface area contributed by atoms with Crippen LogP contribution in [0.1, 0.15) is 22.7 Å². The Balaban J connectivity index is 1.74. The van der Waals surface area contributed by atoms with Crippen molar-refractivity contribution in [3.05, 3.63) is 76.6 Å². The molecule has 1 unspecified atom stereocenters. The molecule has 0 aliphatic carbocycles. The number of halogens is 7. The summed E-state index contributed by atoms with van der Waals surface area (Å²) in [6.45, 7) is 0.0610. The highest BCUT2D eigenvalue weighted by molar-refractivity contribution is 6.31. The second kappa shape index (κ2) is 8.72. The van der Waals surface area contributed by atoms with Gasteiger partial charge in [0.1, 0.15) is 12.1 Å². The number of anilines is 1. The molecule has 1 heterocycles. The van der Waals surface area contributed by atoms with Crippen molar-refractivity contribution < 1.29 is 26.3 Å². The first-order valence-corrected chi connectivity index (χ1v) is 9.19. The van der Waals surface area contributed by atoms with Crippen LogP contribution in [0.3, 0.4) is 0 Å². The van der Waals surface area contributed by atoms with Gasteiger partial charge in [-0.2, -0.15) is 26.3 Å². The summed E-state index contributed by atoms with van der Waals surface area (Å²) in [4.78, 5) is 8.02. The molecule has 0 spiro atoms.